The van der Waals surface area contributed by atoms with Crippen molar-refractivity contribution in [2.24, 2.45) is 0 Å². The molecule has 2 heterocycles. The minimum Gasteiger partial charge on any atom is -0.313 e. The van der Waals surface area contributed by atoms with Crippen molar-refractivity contribution in [2.45, 2.75) is 24.7 Å². The van der Waals surface area contributed by atoms with Gasteiger partial charge in [0.15, 0.2) is 5.82 Å². The highest BCUT2D eigenvalue weighted by Gasteiger charge is 2.54. The lowest BCUT2D eigenvalue weighted by molar-refractivity contribution is -0.125. The summed E-state index contributed by atoms with van der Waals surface area (Å²) in [5.41, 5.74) is 1.68. The second kappa shape index (κ2) is 3.79. The summed E-state index contributed by atoms with van der Waals surface area (Å²) in [6, 6.07) is 3.28. The van der Waals surface area contributed by atoms with Crippen molar-refractivity contribution in [1.82, 2.24) is 4.98 Å². The van der Waals surface area contributed by atoms with E-state index in [1.165, 1.54) is 6.07 Å². The van der Waals surface area contributed by atoms with E-state index in [1.54, 1.807) is 18.1 Å². The number of fused-ring (bicyclic) bond motifs is 4. The fourth-order valence-electron chi connectivity index (χ4n) is 3.50. The number of anilines is 1. The average molecular weight is 335 g/mol. The lowest BCUT2D eigenvalue weighted by Gasteiger charge is -2.37. The number of rotatable bonds is 0. The highest BCUT2D eigenvalue weighted by Crippen LogP contribution is 2.55. The van der Waals surface area contributed by atoms with Crippen molar-refractivity contribution >= 4 is 38.4 Å². The molecule has 102 valence electrons. The van der Waals surface area contributed by atoms with Gasteiger partial charge in [-0.15, -0.1) is 0 Å². The molecular weight excluding hydrogens is 323 g/mol. The third-order valence-electron chi connectivity index (χ3n) is 4.63. The van der Waals surface area contributed by atoms with E-state index in [-0.39, 0.29) is 11.7 Å². The van der Waals surface area contributed by atoms with Gasteiger partial charge in [-0.05, 0) is 25.0 Å². The van der Waals surface area contributed by atoms with E-state index in [0.29, 0.717) is 9.99 Å². The van der Waals surface area contributed by atoms with Crippen LogP contribution in [-0.2, 0) is 10.2 Å². The van der Waals surface area contributed by atoms with Crippen LogP contribution in [-0.4, -0.2) is 17.9 Å². The Hall–Kier alpha value is -1.49. The van der Waals surface area contributed by atoms with Crippen LogP contribution in [0.2, 0.25) is 0 Å². The molecule has 1 amide bonds. The molecule has 2 aliphatic rings. The number of halogens is 2. The van der Waals surface area contributed by atoms with Crippen LogP contribution < -0.4 is 4.90 Å². The third-order valence-corrected chi connectivity index (χ3v) is 5.09. The number of carbonyl (C=O) groups excluding carboxylic acids is 1. The smallest absolute Gasteiger partial charge is 0.237 e. The van der Waals surface area contributed by atoms with E-state index in [0.717, 1.165) is 35.9 Å². The molecule has 0 radical (unpaired) electrons. The first-order valence-electron chi connectivity index (χ1n) is 6.61. The van der Waals surface area contributed by atoms with E-state index < -0.39 is 5.41 Å². The third kappa shape index (κ3) is 1.29. The van der Waals surface area contributed by atoms with Gasteiger partial charge in [-0.25, -0.2) is 4.39 Å². The molecule has 0 bridgehead atoms. The quantitative estimate of drug-likeness (QED) is 0.738. The zero-order chi connectivity index (χ0) is 14.1. The number of likely N-dealkylation sites (N-methyl/N-ethyl adjacent to an activating group) is 1. The highest BCUT2D eigenvalue weighted by molar-refractivity contribution is 9.10. The van der Waals surface area contributed by atoms with Gasteiger partial charge in [-0.1, -0.05) is 22.4 Å². The number of amides is 1. The van der Waals surface area contributed by atoms with E-state index in [2.05, 4.69) is 20.9 Å². The first kappa shape index (κ1) is 12.3. The number of aromatic nitrogens is 1. The molecule has 2 aromatic rings. The van der Waals surface area contributed by atoms with Crippen LogP contribution in [0.1, 0.15) is 24.8 Å². The van der Waals surface area contributed by atoms with Crippen molar-refractivity contribution in [1.29, 1.82) is 0 Å². The second-order valence-corrected chi connectivity index (χ2v) is 6.52. The fraction of sp³-hybridized carbons (Fsp3) is 0.333. The number of carbonyl (C=O) groups is 1. The lowest BCUT2D eigenvalue weighted by atomic mass is 9.64. The van der Waals surface area contributed by atoms with E-state index in [9.17, 15) is 9.18 Å². The number of hydrogen-bond acceptors (Lipinski definition) is 2. The maximum Gasteiger partial charge on any atom is 0.237 e. The molecule has 1 aromatic heterocycles. The highest BCUT2D eigenvalue weighted by atomic mass is 79.9. The Balaban J connectivity index is 2.14. The lowest BCUT2D eigenvalue weighted by Crippen LogP contribution is -2.43. The van der Waals surface area contributed by atoms with Gasteiger partial charge in [0, 0.05) is 22.5 Å². The molecule has 1 aliphatic heterocycles. The van der Waals surface area contributed by atoms with E-state index >= 15 is 0 Å². The van der Waals surface area contributed by atoms with Crippen LogP contribution in [0.15, 0.2) is 22.8 Å². The van der Waals surface area contributed by atoms with Crippen molar-refractivity contribution in [3.05, 3.63) is 34.2 Å². The standard InChI is InChI=1S/C15H12BrFN2O/c1-19-11-7-18-13-9(5-8(16)6-10(13)17)12(11)15(14(19)20)3-2-4-15/h5-7H,2-4H2,1H3. The predicted molar refractivity (Wildman–Crippen MR) is 78.3 cm³/mol. The normalized spacial score (nSPS) is 19.6. The molecule has 1 aliphatic carbocycles. The summed E-state index contributed by atoms with van der Waals surface area (Å²) in [5.74, 6) is -0.234. The zero-order valence-electron chi connectivity index (χ0n) is 10.9. The summed E-state index contributed by atoms with van der Waals surface area (Å²) in [4.78, 5) is 18.5. The SMILES string of the molecule is CN1C(=O)C2(CCC2)c2c1cnc1c(F)cc(Br)cc21. The predicted octanol–water partition coefficient (Wildman–Crippen LogP) is 3.53. The summed E-state index contributed by atoms with van der Waals surface area (Å²) in [6.45, 7) is 0. The van der Waals surface area contributed by atoms with Gasteiger partial charge in [0.2, 0.25) is 5.91 Å². The summed E-state index contributed by atoms with van der Waals surface area (Å²) >= 11 is 3.33. The first-order chi connectivity index (χ1) is 9.54. The maximum atomic E-state index is 14.1. The number of benzene rings is 1. The van der Waals surface area contributed by atoms with Crippen LogP contribution in [0.5, 0.6) is 0 Å². The van der Waals surface area contributed by atoms with Crippen LogP contribution in [0.4, 0.5) is 10.1 Å². The van der Waals surface area contributed by atoms with Gasteiger partial charge in [0.1, 0.15) is 5.52 Å². The van der Waals surface area contributed by atoms with Gasteiger partial charge in [0.25, 0.3) is 0 Å². The topological polar surface area (TPSA) is 33.2 Å². The van der Waals surface area contributed by atoms with E-state index in [4.69, 9.17) is 0 Å². The molecule has 1 aromatic carbocycles. The molecular formula is C15H12BrFN2O. The molecule has 5 heteroatoms. The summed E-state index contributed by atoms with van der Waals surface area (Å²) in [5, 5.41) is 0.756. The zero-order valence-corrected chi connectivity index (χ0v) is 12.5. The van der Waals surface area contributed by atoms with Gasteiger partial charge in [0.05, 0.1) is 17.3 Å². The van der Waals surface area contributed by atoms with Crippen molar-refractivity contribution < 1.29 is 9.18 Å². The Morgan fingerprint density at radius 3 is 2.80 bits per heavy atom. The van der Waals surface area contributed by atoms with Gasteiger partial charge < -0.3 is 4.90 Å². The van der Waals surface area contributed by atoms with Gasteiger partial charge in [-0.3, -0.25) is 9.78 Å². The molecule has 1 saturated carbocycles. The van der Waals surface area contributed by atoms with Crippen molar-refractivity contribution in [2.75, 3.05) is 11.9 Å². The van der Waals surface area contributed by atoms with Crippen LogP contribution in [0, 0.1) is 5.82 Å². The van der Waals surface area contributed by atoms with Gasteiger partial charge in [-0.2, -0.15) is 0 Å². The Bertz CT molecular complexity index is 770. The largest absolute Gasteiger partial charge is 0.313 e. The Kier molecular flexibility index (Phi) is 2.32. The van der Waals surface area contributed by atoms with Crippen LogP contribution >= 0.6 is 15.9 Å². The molecule has 1 fully saturated rings. The minimum atomic E-state index is -0.446. The Labute approximate surface area is 123 Å². The molecule has 4 rings (SSSR count). The Morgan fingerprint density at radius 1 is 1.40 bits per heavy atom. The van der Waals surface area contributed by atoms with Crippen molar-refractivity contribution in [3.63, 3.8) is 0 Å². The van der Waals surface area contributed by atoms with E-state index in [1.807, 2.05) is 6.07 Å². The average Bonchev–Trinajstić information content (AvgIpc) is 2.59. The molecule has 3 nitrogen and oxygen atoms in total. The van der Waals surface area contributed by atoms with Crippen LogP contribution in [0.25, 0.3) is 10.9 Å². The number of nitrogens with zero attached hydrogens (tertiary/aromatic N) is 2. The van der Waals surface area contributed by atoms with Crippen molar-refractivity contribution in [3.8, 4) is 0 Å². The van der Waals surface area contributed by atoms with Crippen LogP contribution in [0.3, 0.4) is 0 Å². The molecule has 0 N–H and O–H groups in total. The summed E-state index contributed by atoms with van der Waals surface area (Å²) < 4.78 is 14.8. The Morgan fingerprint density at radius 2 is 2.15 bits per heavy atom. The maximum absolute atomic E-state index is 14.1. The molecule has 0 unspecified atom stereocenters. The summed E-state index contributed by atoms with van der Waals surface area (Å²) in [6.07, 6.45) is 4.35. The van der Waals surface area contributed by atoms with Gasteiger partial charge >= 0.3 is 0 Å². The monoisotopic (exact) mass is 334 g/mol. The molecule has 0 atom stereocenters. The first-order valence-corrected chi connectivity index (χ1v) is 7.40. The molecule has 0 saturated heterocycles. The second-order valence-electron chi connectivity index (χ2n) is 5.60. The summed E-state index contributed by atoms with van der Waals surface area (Å²) in [7, 11) is 1.77. The molecule has 20 heavy (non-hydrogen) atoms. The number of hydrogen-bond donors (Lipinski definition) is 0. The fourth-order valence-corrected chi connectivity index (χ4v) is 3.93. The molecule has 1 spiro atoms. The minimum absolute atomic E-state index is 0.119. The number of pyridine rings is 1.